The summed E-state index contributed by atoms with van der Waals surface area (Å²) in [5.41, 5.74) is 3.67. The first kappa shape index (κ1) is 19.1. The van der Waals surface area contributed by atoms with E-state index in [2.05, 4.69) is 85.1 Å². The molecule has 2 N–H and O–H groups in total. The third-order valence-corrected chi connectivity index (χ3v) is 6.14. The monoisotopic (exact) mass is 350 g/mol. The summed E-state index contributed by atoms with van der Waals surface area (Å²) in [5, 5.41) is 6.95. The Hall–Kier alpha value is -1.64. The molecular weight excluding hydrogens is 316 g/mol. The maximum Gasteiger partial charge on any atom is 0.00500 e. The van der Waals surface area contributed by atoms with E-state index < -0.39 is 0 Å². The van der Waals surface area contributed by atoms with Crippen LogP contribution in [0.4, 0.5) is 0 Å². The molecule has 2 fully saturated rings. The van der Waals surface area contributed by atoms with Crippen LogP contribution in [0, 0.1) is 0 Å². The van der Waals surface area contributed by atoms with E-state index in [0.29, 0.717) is 10.8 Å². The van der Waals surface area contributed by atoms with Gasteiger partial charge in [0.2, 0.25) is 0 Å². The van der Waals surface area contributed by atoms with E-state index in [0.717, 1.165) is 13.1 Å². The fourth-order valence-corrected chi connectivity index (χ4v) is 4.29. The van der Waals surface area contributed by atoms with Gasteiger partial charge in [0.15, 0.2) is 0 Å². The van der Waals surface area contributed by atoms with Crippen molar-refractivity contribution in [3.63, 3.8) is 0 Å². The van der Waals surface area contributed by atoms with Gasteiger partial charge in [-0.1, -0.05) is 74.5 Å². The predicted molar refractivity (Wildman–Crippen MR) is 112 cm³/mol. The molecule has 2 aliphatic rings. The van der Waals surface area contributed by atoms with Crippen molar-refractivity contribution in [1.29, 1.82) is 0 Å². The summed E-state index contributed by atoms with van der Waals surface area (Å²) in [6, 6.07) is 21.7. The molecule has 2 aromatic carbocycles. The third kappa shape index (κ3) is 4.75. The number of nitrogens with one attached hydrogen (secondary N) is 2. The summed E-state index contributed by atoms with van der Waals surface area (Å²) < 4.78 is 0. The zero-order chi connectivity index (χ0) is 18.3. The Bertz CT molecular complexity index is 579. The van der Waals surface area contributed by atoms with Crippen molar-refractivity contribution in [3.05, 3.63) is 71.8 Å². The van der Waals surface area contributed by atoms with Crippen LogP contribution < -0.4 is 10.6 Å². The Morgan fingerprint density at radius 1 is 0.615 bits per heavy atom. The van der Waals surface area contributed by atoms with Crippen LogP contribution in [0.1, 0.15) is 50.7 Å². The largest absolute Gasteiger partial charge is 0.316 e. The molecule has 0 amide bonds. The predicted octanol–water partition coefficient (Wildman–Crippen LogP) is 4.66. The van der Waals surface area contributed by atoms with Gasteiger partial charge < -0.3 is 10.6 Å². The van der Waals surface area contributed by atoms with Crippen LogP contribution in [0.15, 0.2) is 60.7 Å². The molecule has 2 unspecified atom stereocenters. The van der Waals surface area contributed by atoms with Gasteiger partial charge in [0.05, 0.1) is 0 Å². The minimum atomic E-state index is 0.361. The van der Waals surface area contributed by atoms with Gasteiger partial charge in [0.1, 0.15) is 0 Å². The molecule has 2 nitrogen and oxygen atoms in total. The zero-order valence-electron chi connectivity index (χ0n) is 16.4. The van der Waals surface area contributed by atoms with E-state index in [1.165, 1.54) is 49.9 Å². The Morgan fingerprint density at radius 3 is 1.31 bits per heavy atom. The summed E-state index contributed by atoms with van der Waals surface area (Å²) in [6.07, 6.45) is 5.21. The molecular formula is C24H34N2. The minimum absolute atomic E-state index is 0.361. The smallest absolute Gasteiger partial charge is 0.00500 e. The van der Waals surface area contributed by atoms with Gasteiger partial charge in [0, 0.05) is 23.9 Å². The van der Waals surface area contributed by atoms with Gasteiger partial charge in [-0.05, 0) is 49.9 Å². The lowest BCUT2D eigenvalue weighted by Crippen LogP contribution is -2.40. The van der Waals surface area contributed by atoms with Crippen molar-refractivity contribution in [2.45, 2.75) is 50.4 Å². The van der Waals surface area contributed by atoms with Crippen molar-refractivity contribution in [2.75, 3.05) is 26.2 Å². The van der Waals surface area contributed by atoms with E-state index in [-0.39, 0.29) is 0 Å². The Kier molecular flexibility index (Phi) is 6.50. The van der Waals surface area contributed by atoms with Crippen molar-refractivity contribution in [1.82, 2.24) is 10.6 Å². The van der Waals surface area contributed by atoms with Gasteiger partial charge >= 0.3 is 0 Å². The molecule has 2 aliphatic heterocycles. The average molecular weight is 351 g/mol. The normalized spacial score (nSPS) is 28.7. The molecule has 26 heavy (non-hydrogen) atoms. The quantitative estimate of drug-likeness (QED) is 0.823. The van der Waals surface area contributed by atoms with Crippen LogP contribution in [-0.4, -0.2) is 26.2 Å². The highest BCUT2D eigenvalue weighted by Gasteiger charge is 2.28. The number of hydrogen-bond acceptors (Lipinski definition) is 2. The first-order chi connectivity index (χ1) is 12.6. The number of hydrogen-bond donors (Lipinski definition) is 2. The lowest BCUT2D eigenvalue weighted by molar-refractivity contribution is 0.339. The Morgan fingerprint density at radius 2 is 1.00 bits per heavy atom. The highest BCUT2D eigenvalue weighted by molar-refractivity contribution is 5.26. The number of rotatable bonds is 2. The summed E-state index contributed by atoms with van der Waals surface area (Å²) in [5.74, 6) is 0. The summed E-state index contributed by atoms with van der Waals surface area (Å²) >= 11 is 0. The molecule has 140 valence electrons. The maximum atomic E-state index is 3.47. The van der Waals surface area contributed by atoms with Crippen LogP contribution in [0.25, 0.3) is 0 Å². The summed E-state index contributed by atoms with van der Waals surface area (Å²) in [7, 11) is 0. The average Bonchev–Trinajstić information content (AvgIpc) is 2.71. The molecule has 2 heteroatoms. The highest BCUT2D eigenvalue weighted by Crippen LogP contribution is 2.30. The molecule has 2 aromatic rings. The standard InChI is InChI=1S/2C12H17N/c2*1-12(8-5-9-13-10-12)11-6-3-2-4-7-11/h2*2-4,6-7,13H,5,8-10H2,1H3. The van der Waals surface area contributed by atoms with E-state index in [1.807, 2.05) is 0 Å². The lowest BCUT2D eigenvalue weighted by Gasteiger charge is -2.34. The lowest BCUT2D eigenvalue weighted by atomic mass is 9.77. The Labute approximate surface area is 159 Å². The summed E-state index contributed by atoms with van der Waals surface area (Å²) in [6.45, 7) is 9.32. The van der Waals surface area contributed by atoms with Crippen LogP contribution in [0.3, 0.4) is 0 Å². The van der Waals surface area contributed by atoms with Crippen molar-refractivity contribution >= 4 is 0 Å². The third-order valence-electron chi connectivity index (χ3n) is 6.14. The SMILES string of the molecule is CC1(c2ccccc2)CCCNC1.CC1(c2ccccc2)CCCNC1. The topological polar surface area (TPSA) is 24.1 Å². The second kappa shape index (κ2) is 8.83. The second-order valence-electron chi connectivity index (χ2n) is 8.41. The van der Waals surface area contributed by atoms with Crippen molar-refractivity contribution in [2.24, 2.45) is 0 Å². The van der Waals surface area contributed by atoms with Gasteiger partial charge in [0.25, 0.3) is 0 Å². The number of piperidine rings is 2. The van der Waals surface area contributed by atoms with Crippen LogP contribution >= 0.6 is 0 Å². The van der Waals surface area contributed by atoms with Crippen LogP contribution in [0.5, 0.6) is 0 Å². The molecule has 0 bridgehead atoms. The van der Waals surface area contributed by atoms with E-state index in [4.69, 9.17) is 0 Å². The van der Waals surface area contributed by atoms with Crippen LogP contribution in [0.2, 0.25) is 0 Å². The van der Waals surface area contributed by atoms with E-state index in [1.54, 1.807) is 0 Å². The number of benzene rings is 2. The van der Waals surface area contributed by atoms with Gasteiger partial charge in [-0.25, -0.2) is 0 Å². The maximum absolute atomic E-state index is 3.47. The van der Waals surface area contributed by atoms with E-state index >= 15 is 0 Å². The second-order valence-corrected chi connectivity index (χ2v) is 8.41. The highest BCUT2D eigenvalue weighted by atomic mass is 14.9. The van der Waals surface area contributed by atoms with Crippen molar-refractivity contribution < 1.29 is 0 Å². The molecule has 0 aliphatic carbocycles. The first-order valence-electron chi connectivity index (χ1n) is 10.1. The van der Waals surface area contributed by atoms with E-state index in [9.17, 15) is 0 Å². The fourth-order valence-electron chi connectivity index (χ4n) is 4.29. The Balaban J connectivity index is 0.000000151. The minimum Gasteiger partial charge on any atom is -0.316 e. The zero-order valence-corrected chi connectivity index (χ0v) is 16.4. The fraction of sp³-hybridized carbons (Fsp3) is 0.500. The van der Waals surface area contributed by atoms with Crippen LogP contribution in [-0.2, 0) is 10.8 Å². The molecule has 0 spiro atoms. The van der Waals surface area contributed by atoms with Crippen molar-refractivity contribution in [3.8, 4) is 0 Å². The molecule has 2 heterocycles. The van der Waals surface area contributed by atoms with Gasteiger partial charge in [-0.2, -0.15) is 0 Å². The molecule has 2 atom stereocenters. The molecule has 0 aromatic heterocycles. The molecule has 4 rings (SSSR count). The summed E-state index contributed by atoms with van der Waals surface area (Å²) in [4.78, 5) is 0. The molecule has 0 saturated carbocycles. The first-order valence-corrected chi connectivity index (χ1v) is 10.1. The van der Waals surface area contributed by atoms with Gasteiger partial charge in [-0.15, -0.1) is 0 Å². The molecule has 0 radical (unpaired) electrons. The molecule has 2 saturated heterocycles. The van der Waals surface area contributed by atoms with Gasteiger partial charge in [-0.3, -0.25) is 0 Å².